The molecule has 1 aromatic rings. The van der Waals surface area contributed by atoms with Crippen LogP contribution in [0, 0.1) is 0 Å². The third-order valence-corrected chi connectivity index (χ3v) is 5.09. The zero-order chi connectivity index (χ0) is 13.9. The predicted octanol–water partition coefficient (Wildman–Crippen LogP) is 2.95. The highest BCUT2D eigenvalue weighted by atomic mass is 79.9. The largest absolute Gasteiger partial charge is 0.496 e. The second-order valence-corrected chi connectivity index (χ2v) is 7.93. The number of hydrogen-bond donors (Lipinski definition) is 0. The molecule has 0 amide bonds. The molecular formula is C11H14Br2O4S. The SMILES string of the molecule is COc1cc(C(Br)CS(C)(=O)=O)c(OC)cc1Br. The van der Waals surface area contributed by atoms with Crippen molar-refractivity contribution in [2.45, 2.75) is 4.83 Å². The Bertz CT molecular complexity index is 528. The summed E-state index contributed by atoms with van der Waals surface area (Å²) < 4.78 is 33.8. The third-order valence-electron chi connectivity index (χ3n) is 2.29. The number of alkyl halides is 1. The first-order valence-corrected chi connectivity index (χ1v) is 8.78. The normalized spacial score (nSPS) is 13.2. The summed E-state index contributed by atoms with van der Waals surface area (Å²) in [6.45, 7) is 0. The standard InChI is InChI=1S/C11H14Br2O4S/c1-16-10-5-8(12)11(17-2)4-7(10)9(13)6-18(3,14)15/h4-5,9H,6H2,1-3H3. The highest BCUT2D eigenvalue weighted by Crippen LogP contribution is 2.39. The molecule has 1 unspecified atom stereocenters. The number of benzene rings is 1. The Kier molecular flexibility index (Phi) is 5.48. The van der Waals surface area contributed by atoms with E-state index in [2.05, 4.69) is 31.9 Å². The summed E-state index contributed by atoms with van der Waals surface area (Å²) >= 11 is 6.73. The minimum absolute atomic E-state index is 0.00581. The lowest BCUT2D eigenvalue weighted by atomic mass is 10.1. The Hall–Kier alpha value is -0.270. The van der Waals surface area contributed by atoms with E-state index in [1.807, 2.05) is 0 Å². The molecule has 0 N–H and O–H groups in total. The summed E-state index contributed by atoms with van der Waals surface area (Å²) in [6, 6.07) is 3.51. The van der Waals surface area contributed by atoms with Gasteiger partial charge in [-0.15, -0.1) is 0 Å². The monoisotopic (exact) mass is 400 g/mol. The highest BCUT2D eigenvalue weighted by Gasteiger charge is 2.20. The fraction of sp³-hybridized carbons (Fsp3) is 0.455. The van der Waals surface area contributed by atoms with Crippen molar-refractivity contribution in [2.75, 3.05) is 26.2 Å². The molecule has 102 valence electrons. The second kappa shape index (κ2) is 6.25. The molecule has 0 radical (unpaired) electrons. The second-order valence-electron chi connectivity index (χ2n) is 3.79. The van der Waals surface area contributed by atoms with E-state index in [0.29, 0.717) is 11.5 Å². The fourth-order valence-electron chi connectivity index (χ4n) is 1.48. The van der Waals surface area contributed by atoms with Gasteiger partial charge in [0.2, 0.25) is 0 Å². The number of ether oxygens (including phenoxy) is 2. The maximum Gasteiger partial charge on any atom is 0.148 e. The zero-order valence-electron chi connectivity index (χ0n) is 10.2. The third kappa shape index (κ3) is 4.13. The topological polar surface area (TPSA) is 52.6 Å². The van der Waals surface area contributed by atoms with Gasteiger partial charge in [0.1, 0.15) is 21.3 Å². The molecule has 0 aromatic heterocycles. The molecule has 0 aliphatic heterocycles. The van der Waals surface area contributed by atoms with Crippen molar-refractivity contribution in [2.24, 2.45) is 0 Å². The maximum atomic E-state index is 11.3. The quantitative estimate of drug-likeness (QED) is 0.711. The van der Waals surface area contributed by atoms with Gasteiger partial charge in [0.05, 0.1) is 29.3 Å². The molecule has 0 saturated heterocycles. The summed E-state index contributed by atoms with van der Waals surface area (Å²) in [6.07, 6.45) is 1.20. The lowest BCUT2D eigenvalue weighted by molar-refractivity contribution is 0.397. The first-order valence-electron chi connectivity index (χ1n) is 5.01. The van der Waals surface area contributed by atoms with Crippen molar-refractivity contribution < 1.29 is 17.9 Å². The van der Waals surface area contributed by atoms with Crippen LogP contribution in [0.15, 0.2) is 16.6 Å². The molecule has 0 aliphatic rings. The van der Waals surface area contributed by atoms with Crippen LogP contribution in [0.25, 0.3) is 0 Å². The molecule has 7 heteroatoms. The first-order chi connectivity index (χ1) is 8.28. The van der Waals surface area contributed by atoms with Gasteiger partial charge in [-0.05, 0) is 28.1 Å². The lowest BCUT2D eigenvalue weighted by Crippen LogP contribution is -2.09. The number of halogens is 2. The minimum atomic E-state index is -3.08. The van der Waals surface area contributed by atoms with Crippen molar-refractivity contribution in [1.82, 2.24) is 0 Å². The van der Waals surface area contributed by atoms with E-state index in [-0.39, 0.29) is 10.6 Å². The molecule has 0 saturated carbocycles. The van der Waals surface area contributed by atoms with E-state index in [1.54, 1.807) is 19.2 Å². The summed E-state index contributed by atoms with van der Waals surface area (Å²) in [5.41, 5.74) is 0.739. The smallest absolute Gasteiger partial charge is 0.148 e. The van der Waals surface area contributed by atoms with E-state index in [9.17, 15) is 8.42 Å². The van der Waals surface area contributed by atoms with Crippen LogP contribution in [-0.4, -0.2) is 34.6 Å². The van der Waals surface area contributed by atoms with Crippen LogP contribution in [0.4, 0.5) is 0 Å². The molecule has 1 rings (SSSR count). The van der Waals surface area contributed by atoms with Gasteiger partial charge in [0, 0.05) is 11.8 Å². The van der Waals surface area contributed by atoms with Crippen LogP contribution in [0.3, 0.4) is 0 Å². The number of hydrogen-bond acceptors (Lipinski definition) is 4. The van der Waals surface area contributed by atoms with Crippen molar-refractivity contribution in [1.29, 1.82) is 0 Å². The average Bonchev–Trinajstić information content (AvgIpc) is 2.26. The molecule has 0 aliphatic carbocycles. The van der Waals surface area contributed by atoms with E-state index in [1.165, 1.54) is 13.4 Å². The lowest BCUT2D eigenvalue weighted by Gasteiger charge is -2.16. The van der Waals surface area contributed by atoms with Crippen molar-refractivity contribution in [3.63, 3.8) is 0 Å². The van der Waals surface area contributed by atoms with Crippen LogP contribution < -0.4 is 9.47 Å². The Morgan fingerprint density at radius 1 is 1.22 bits per heavy atom. The van der Waals surface area contributed by atoms with Gasteiger partial charge in [0.15, 0.2) is 0 Å². The maximum absolute atomic E-state index is 11.3. The van der Waals surface area contributed by atoms with Crippen molar-refractivity contribution in [3.8, 4) is 11.5 Å². The summed E-state index contributed by atoms with van der Waals surface area (Å²) in [5.74, 6) is 1.23. The summed E-state index contributed by atoms with van der Waals surface area (Å²) in [5, 5.41) is 0. The van der Waals surface area contributed by atoms with Crippen molar-refractivity contribution in [3.05, 3.63) is 22.2 Å². The Balaban J connectivity index is 3.21. The van der Waals surface area contributed by atoms with Gasteiger partial charge in [0.25, 0.3) is 0 Å². The van der Waals surface area contributed by atoms with Gasteiger partial charge < -0.3 is 9.47 Å². The minimum Gasteiger partial charge on any atom is -0.496 e. The predicted molar refractivity (Wildman–Crippen MR) is 78.6 cm³/mol. The molecule has 1 aromatic carbocycles. The van der Waals surface area contributed by atoms with Gasteiger partial charge in [-0.3, -0.25) is 0 Å². The molecule has 1 atom stereocenters. The molecule has 4 nitrogen and oxygen atoms in total. The Morgan fingerprint density at radius 3 is 2.22 bits per heavy atom. The van der Waals surface area contributed by atoms with E-state index < -0.39 is 9.84 Å². The molecule has 18 heavy (non-hydrogen) atoms. The zero-order valence-corrected chi connectivity index (χ0v) is 14.2. The van der Waals surface area contributed by atoms with Crippen molar-refractivity contribution >= 4 is 41.7 Å². The van der Waals surface area contributed by atoms with Gasteiger partial charge in [-0.2, -0.15) is 0 Å². The van der Waals surface area contributed by atoms with E-state index >= 15 is 0 Å². The van der Waals surface area contributed by atoms with Gasteiger partial charge in [-0.25, -0.2) is 8.42 Å². The molecule has 0 bridgehead atoms. The Morgan fingerprint density at radius 2 is 1.78 bits per heavy atom. The Labute approximate surface area is 124 Å². The van der Waals surface area contributed by atoms with Crippen LogP contribution in [0.1, 0.15) is 10.4 Å². The molecule has 0 heterocycles. The molecular weight excluding hydrogens is 388 g/mol. The highest BCUT2D eigenvalue weighted by molar-refractivity contribution is 9.10. The average molecular weight is 402 g/mol. The van der Waals surface area contributed by atoms with E-state index in [4.69, 9.17) is 9.47 Å². The first kappa shape index (κ1) is 15.8. The van der Waals surface area contributed by atoms with Crippen LogP contribution in [0.2, 0.25) is 0 Å². The molecule has 0 fully saturated rings. The fourth-order valence-corrected chi connectivity index (χ4v) is 4.48. The number of rotatable bonds is 5. The van der Waals surface area contributed by atoms with E-state index in [0.717, 1.165) is 10.0 Å². The summed E-state index contributed by atoms with van der Waals surface area (Å²) in [7, 11) is 0.0102. The molecule has 0 spiro atoms. The van der Waals surface area contributed by atoms with Gasteiger partial charge >= 0.3 is 0 Å². The summed E-state index contributed by atoms with van der Waals surface area (Å²) in [4.78, 5) is -0.343. The number of methoxy groups -OCH3 is 2. The van der Waals surface area contributed by atoms with Crippen LogP contribution in [0.5, 0.6) is 11.5 Å². The van der Waals surface area contributed by atoms with Crippen LogP contribution >= 0.6 is 31.9 Å². The van der Waals surface area contributed by atoms with Crippen LogP contribution in [-0.2, 0) is 9.84 Å². The van der Waals surface area contributed by atoms with Gasteiger partial charge in [-0.1, -0.05) is 15.9 Å². The number of sulfone groups is 1.